The minimum Gasteiger partial charge on any atom is -0.388 e. The predicted octanol–water partition coefficient (Wildman–Crippen LogP) is 1.69. The van der Waals surface area contributed by atoms with E-state index in [-0.39, 0.29) is 18.1 Å². The number of nitrogens with one attached hydrogen (secondary N) is 1. The fourth-order valence-corrected chi connectivity index (χ4v) is 3.23. The molecule has 0 spiro atoms. The van der Waals surface area contributed by atoms with E-state index >= 15 is 0 Å². The lowest BCUT2D eigenvalue weighted by molar-refractivity contribution is -0.0277. The molecule has 2 heterocycles. The molecule has 3 atom stereocenters. The Morgan fingerprint density at radius 3 is 2.91 bits per heavy atom. The zero-order chi connectivity index (χ0) is 16.4. The van der Waals surface area contributed by atoms with Gasteiger partial charge < -0.3 is 19.6 Å². The Hall–Kier alpha value is -1.92. The molecule has 0 radical (unpaired) electrons. The molecule has 1 fully saturated rings. The quantitative estimate of drug-likeness (QED) is 0.845. The van der Waals surface area contributed by atoms with E-state index in [0.29, 0.717) is 5.69 Å². The van der Waals surface area contributed by atoms with Crippen LogP contribution in [0.2, 0.25) is 0 Å². The van der Waals surface area contributed by atoms with Gasteiger partial charge in [-0.05, 0) is 31.9 Å². The van der Waals surface area contributed by atoms with Crippen LogP contribution in [-0.4, -0.2) is 45.8 Å². The lowest BCUT2D eigenvalue weighted by Crippen LogP contribution is -2.48. The van der Waals surface area contributed by atoms with Crippen molar-refractivity contribution in [3.05, 3.63) is 35.8 Å². The Morgan fingerprint density at radius 2 is 2.17 bits per heavy atom. The third-order valence-corrected chi connectivity index (χ3v) is 4.59. The standard InChI is InChI=1S/C17H23N3O3/c1-11-6-5-9-15-18-13(10-20(11)15)17(22)19-12-7-3-4-8-14(23-2)16(12)21/h5-6,9-10,12,14,16,21H,3-4,7-8H2,1-2H3,(H,19,22)/t12-,14-,16-/m1/s1. The number of carbonyl (C=O) groups is 1. The van der Waals surface area contributed by atoms with Crippen molar-refractivity contribution < 1.29 is 14.6 Å². The number of aliphatic hydroxyl groups is 1. The zero-order valence-electron chi connectivity index (χ0n) is 13.5. The van der Waals surface area contributed by atoms with E-state index in [9.17, 15) is 9.90 Å². The van der Waals surface area contributed by atoms with Gasteiger partial charge in [-0.1, -0.05) is 18.9 Å². The van der Waals surface area contributed by atoms with Crippen LogP contribution in [0.25, 0.3) is 5.65 Å². The first-order valence-corrected chi connectivity index (χ1v) is 8.06. The minimum absolute atomic E-state index is 0.230. The van der Waals surface area contributed by atoms with Crippen molar-refractivity contribution in [3.8, 4) is 0 Å². The summed E-state index contributed by atoms with van der Waals surface area (Å²) >= 11 is 0. The molecule has 1 aliphatic rings. The molecule has 23 heavy (non-hydrogen) atoms. The van der Waals surface area contributed by atoms with Crippen LogP contribution in [0.3, 0.4) is 0 Å². The Morgan fingerprint density at radius 1 is 1.39 bits per heavy atom. The van der Waals surface area contributed by atoms with E-state index < -0.39 is 6.10 Å². The van der Waals surface area contributed by atoms with E-state index in [1.165, 1.54) is 0 Å². The van der Waals surface area contributed by atoms with E-state index in [0.717, 1.165) is 37.0 Å². The molecule has 2 aromatic rings. The number of aryl methyl sites for hydroxylation is 1. The number of nitrogens with zero attached hydrogens (tertiary/aromatic N) is 2. The molecule has 3 rings (SSSR count). The lowest BCUT2D eigenvalue weighted by atomic mass is 10.0. The number of ether oxygens (including phenoxy) is 1. The summed E-state index contributed by atoms with van der Waals surface area (Å²) in [7, 11) is 1.60. The summed E-state index contributed by atoms with van der Waals surface area (Å²) in [6, 6.07) is 5.44. The summed E-state index contributed by atoms with van der Waals surface area (Å²) in [6.45, 7) is 1.97. The van der Waals surface area contributed by atoms with Gasteiger partial charge in [0.15, 0.2) is 0 Å². The normalized spacial score (nSPS) is 25.3. The Kier molecular flexibility index (Phi) is 4.63. The summed E-state index contributed by atoms with van der Waals surface area (Å²) in [4.78, 5) is 16.9. The Balaban J connectivity index is 1.78. The monoisotopic (exact) mass is 317 g/mol. The van der Waals surface area contributed by atoms with E-state index in [4.69, 9.17) is 4.74 Å². The number of hydrogen-bond donors (Lipinski definition) is 2. The number of carbonyl (C=O) groups excluding carboxylic acids is 1. The maximum Gasteiger partial charge on any atom is 0.271 e. The van der Waals surface area contributed by atoms with Crippen molar-refractivity contribution in [2.75, 3.05) is 7.11 Å². The summed E-state index contributed by atoms with van der Waals surface area (Å²) in [6.07, 6.45) is 4.34. The van der Waals surface area contributed by atoms with Gasteiger partial charge >= 0.3 is 0 Å². The third-order valence-electron chi connectivity index (χ3n) is 4.59. The molecule has 0 aliphatic heterocycles. The predicted molar refractivity (Wildman–Crippen MR) is 86.5 cm³/mol. The maximum atomic E-state index is 12.5. The molecule has 0 aromatic carbocycles. The number of fused-ring (bicyclic) bond motifs is 1. The summed E-state index contributed by atoms with van der Waals surface area (Å²) < 4.78 is 7.23. The van der Waals surface area contributed by atoms with Gasteiger partial charge in [0.1, 0.15) is 17.4 Å². The number of imidazole rings is 1. The van der Waals surface area contributed by atoms with Crippen LogP contribution >= 0.6 is 0 Å². The molecule has 2 aromatic heterocycles. The second kappa shape index (κ2) is 6.68. The van der Waals surface area contributed by atoms with Gasteiger partial charge in [-0.15, -0.1) is 0 Å². The maximum absolute atomic E-state index is 12.5. The van der Waals surface area contributed by atoms with Gasteiger partial charge in [-0.3, -0.25) is 4.79 Å². The van der Waals surface area contributed by atoms with Crippen molar-refractivity contribution >= 4 is 11.6 Å². The lowest BCUT2D eigenvalue weighted by Gasteiger charge is -2.26. The van der Waals surface area contributed by atoms with Gasteiger partial charge in [0, 0.05) is 19.0 Å². The molecule has 1 aliphatic carbocycles. The van der Waals surface area contributed by atoms with E-state index in [2.05, 4.69) is 10.3 Å². The number of hydrogen-bond acceptors (Lipinski definition) is 4. The summed E-state index contributed by atoms with van der Waals surface area (Å²) in [5.41, 5.74) is 2.12. The summed E-state index contributed by atoms with van der Waals surface area (Å²) in [5.74, 6) is -0.256. The molecule has 0 saturated heterocycles. The SMILES string of the molecule is CO[C@@H]1CCCC[C@@H](NC(=O)c2cn3c(C)cccc3n2)[C@H]1O. The zero-order valence-corrected chi connectivity index (χ0v) is 13.5. The van der Waals surface area contributed by atoms with Crippen molar-refractivity contribution in [2.24, 2.45) is 0 Å². The molecular weight excluding hydrogens is 294 g/mol. The number of aromatic nitrogens is 2. The first-order chi connectivity index (χ1) is 11.1. The first-order valence-electron chi connectivity index (χ1n) is 8.06. The second-order valence-corrected chi connectivity index (χ2v) is 6.15. The number of aliphatic hydroxyl groups excluding tert-OH is 1. The van der Waals surface area contributed by atoms with Gasteiger partial charge in [0.25, 0.3) is 5.91 Å². The minimum atomic E-state index is -0.690. The number of rotatable bonds is 3. The molecule has 0 unspecified atom stereocenters. The molecule has 6 heteroatoms. The van der Waals surface area contributed by atoms with Gasteiger partial charge in [0.2, 0.25) is 0 Å². The Labute approximate surface area is 135 Å². The van der Waals surface area contributed by atoms with Gasteiger partial charge in [0.05, 0.1) is 12.1 Å². The molecule has 6 nitrogen and oxygen atoms in total. The average Bonchev–Trinajstić information content (AvgIpc) is 2.91. The summed E-state index contributed by atoms with van der Waals surface area (Å²) in [5, 5.41) is 13.3. The van der Waals surface area contributed by atoms with Crippen LogP contribution in [-0.2, 0) is 4.74 Å². The largest absolute Gasteiger partial charge is 0.388 e. The van der Waals surface area contributed by atoms with Crippen LogP contribution in [0.15, 0.2) is 24.4 Å². The molecule has 1 saturated carbocycles. The fourth-order valence-electron chi connectivity index (χ4n) is 3.23. The number of amides is 1. The molecule has 2 N–H and O–H groups in total. The third kappa shape index (κ3) is 3.23. The van der Waals surface area contributed by atoms with E-state index in [1.54, 1.807) is 13.3 Å². The van der Waals surface area contributed by atoms with Crippen molar-refractivity contribution in [1.82, 2.24) is 14.7 Å². The van der Waals surface area contributed by atoms with Crippen LogP contribution in [0.5, 0.6) is 0 Å². The van der Waals surface area contributed by atoms with Crippen molar-refractivity contribution in [2.45, 2.75) is 50.9 Å². The van der Waals surface area contributed by atoms with E-state index in [1.807, 2.05) is 29.5 Å². The fraction of sp³-hybridized carbons (Fsp3) is 0.529. The first kappa shape index (κ1) is 16.0. The van der Waals surface area contributed by atoms with Crippen LogP contribution in [0.4, 0.5) is 0 Å². The highest BCUT2D eigenvalue weighted by Gasteiger charge is 2.31. The highest BCUT2D eigenvalue weighted by molar-refractivity contribution is 5.93. The smallest absolute Gasteiger partial charge is 0.271 e. The number of pyridine rings is 1. The molecule has 124 valence electrons. The van der Waals surface area contributed by atoms with Crippen molar-refractivity contribution in [3.63, 3.8) is 0 Å². The topological polar surface area (TPSA) is 75.9 Å². The molecule has 1 amide bonds. The van der Waals surface area contributed by atoms with Crippen molar-refractivity contribution in [1.29, 1.82) is 0 Å². The molecular formula is C17H23N3O3. The number of methoxy groups -OCH3 is 1. The second-order valence-electron chi connectivity index (χ2n) is 6.15. The van der Waals surface area contributed by atoms with Crippen LogP contribution < -0.4 is 5.32 Å². The highest BCUT2D eigenvalue weighted by Crippen LogP contribution is 2.21. The average molecular weight is 317 g/mol. The van der Waals surface area contributed by atoms with Gasteiger partial charge in [-0.2, -0.15) is 0 Å². The van der Waals surface area contributed by atoms with Crippen LogP contribution in [0.1, 0.15) is 41.9 Å². The van der Waals surface area contributed by atoms with Crippen LogP contribution in [0, 0.1) is 6.92 Å². The molecule has 0 bridgehead atoms. The Bertz CT molecular complexity index is 697. The highest BCUT2D eigenvalue weighted by atomic mass is 16.5. The van der Waals surface area contributed by atoms with Gasteiger partial charge in [-0.25, -0.2) is 4.98 Å².